The van der Waals surface area contributed by atoms with Gasteiger partial charge in [0.15, 0.2) is 0 Å². The van der Waals surface area contributed by atoms with Crippen molar-refractivity contribution in [3.05, 3.63) is 0 Å². The molecule has 20 heavy (non-hydrogen) atoms. The van der Waals surface area contributed by atoms with Crippen LogP contribution in [-0.2, 0) is 4.79 Å². The molecule has 0 aliphatic carbocycles. The molecule has 2 aliphatic heterocycles. The van der Waals surface area contributed by atoms with Gasteiger partial charge in [0.2, 0.25) is 5.91 Å². The molecule has 1 atom stereocenters. The summed E-state index contributed by atoms with van der Waals surface area (Å²) in [6.07, 6.45) is 2.68. The summed E-state index contributed by atoms with van der Waals surface area (Å²) < 4.78 is 0. The van der Waals surface area contributed by atoms with Gasteiger partial charge >= 0.3 is 0 Å². The van der Waals surface area contributed by atoms with Crippen LogP contribution in [0.4, 0.5) is 0 Å². The Kier molecular flexibility index (Phi) is 5.81. The van der Waals surface area contributed by atoms with Crippen molar-refractivity contribution in [2.75, 3.05) is 45.8 Å². The van der Waals surface area contributed by atoms with Crippen LogP contribution in [0.3, 0.4) is 0 Å². The Morgan fingerprint density at radius 1 is 1.15 bits per heavy atom. The lowest BCUT2D eigenvalue weighted by Crippen LogP contribution is -2.46. The lowest BCUT2D eigenvalue weighted by atomic mass is 10.1. The van der Waals surface area contributed by atoms with Crippen molar-refractivity contribution in [3.8, 4) is 0 Å². The van der Waals surface area contributed by atoms with Gasteiger partial charge in [-0.05, 0) is 39.7 Å². The van der Waals surface area contributed by atoms with E-state index in [9.17, 15) is 9.90 Å². The maximum Gasteiger partial charge on any atom is 0.236 e. The van der Waals surface area contributed by atoms with Gasteiger partial charge in [0.05, 0.1) is 12.6 Å². The summed E-state index contributed by atoms with van der Waals surface area (Å²) in [5.41, 5.74) is 0. The van der Waals surface area contributed by atoms with Gasteiger partial charge < -0.3 is 10.0 Å². The number of β-amino-alcohol motifs (C(OH)–C–C–N with tert-alkyl or cyclic N) is 1. The molecule has 1 amide bonds. The van der Waals surface area contributed by atoms with Gasteiger partial charge in [0.1, 0.15) is 0 Å². The minimum absolute atomic E-state index is 0.227. The predicted octanol–water partition coefficient (Wildman–Crippen LogP) is 0.386. The average Bonchev–Trinajstić information content (AvgIpc) is 2.64. The molecule has 116 valence electrons. The second kappa shape index (κ2) is 7.38. The predicted molar refractivity (Wildman–Crippen MR) is 79.6 cm³/mol. The van der Waals surface area contributed by atoms with Gasteiger partial charge in [-0.2, -0.15) is 0 Å². The van der Waals surface area contributed by atoms with Crippen molar-refractivity contribution in [3.63, 3.8) is 0 Å². The summed E-state index contributed by atoms with van der Waals surface area (Å²) in [6, 6.07) is 0.558. The molecule has 2 fully saturated rings. The fraction of sp³-hybridized carbons (Fsp3) is 0.933. The highest BCUT2D eigenvalue weighted by molar-refractivity contribution is 5.78. The lowest BCUT2D eigenvalue weighted by Gasteiger charge is -2.31. The number of carbonyl (C=O) groups excluding carboxylic acids is 1. The highest BCUT2D eigenvalue weighted by Crippen LogP contribution is 2.11. The van der Waals surface area contributed by atoms with Gasteiger partial charge in [-0.15, -0.1) is 0 Å². The van der Waals surface area contributed by atoms with E-state index in [0.717, 1.165) is 52.0 Å². The fourth-order valence-electron chi connectivity index (χ4n) is 3.17. The van der Waals surface area contributed by atoms with Crippen LogP contribution >= 0.6 is 0 Å². The van der Waals surface area contributed by atoms with Crippen LogP contribution in [0.2, 0.25) is 0 Å². The summed E-state index contributed by atoms with van der Waals surface area (Å²) >= 11 is 0. The molecule has 0 spiro atoms. The van der Waals surface area contributed by atoms with E-state index in [1.165, 1.54) is 0 Å². The first-order valence-electron chi connectivity index (χ1n) is 7.98. The summed E-state index contributed by atoms with van der Waals surface area (Å²) in [4.78, 5) is 18.9. The number of likely N-dealkylation sites (tertiary alicyclic amines) is 1. The Hall–Kier alpha value is -0.650. The van der Waals surface area contributed by atoms with Crippen LogP contribution in [0.5, 0.6) is 0 Å². The molecule has 0 aromatic heterocycles. The monoisotopic (exact) mass is 283 g/mol. The second-order valence-electron chi connectivity index (χ2n) is 6.40. The molecule has 2 heterocycles. The number of carbonyl (C=O) groups is 1. The summed E-state index contributed by atoms with van der Waals surface area (Å²) in [7, 11) is 0. The van der Waals surface area contributed by atoms with Crippen molar-refractivity contribution in [2.45, 2.75) is 45.3 Å². The highest BCUT2D eigenvalue weighted by atomic mass is 16.3. The minimum Gasteiger partial charge on any atom is -0.392 e. The maximum absolute atomic E-state index is 12.4. The third kappa shape index (κ3) is 4.43. The van der Waals surface area contributed by atoms with E-state index in [1.807, 2.05) is 4.90 Å². The van der Waals surface area contributed by atoms with Gasteiger partial charge in [0, 0.05) is 38.8 Å². The third-order valence-corrected chi connectivity index (χ3v) is 4.45. The fourth-order valence-corrected chi connectivity index (χ4v) is 3.17. The zero-order valence-electron chi connectivity index (χ0n) is 12.9. The first-order valence-corrected chi connectivity index (χ1v) is 7.98. The van der Waals surface area contributed by atoms with Crippen molar-refractivity contribution >= 4 is 5.91 Å². The van der Waals surface area contributed by atoms with Crippen LogP contribution in [-0.4, -0.2) is 83.7 Å². The van der Waals surface area contributed by atoms with E-state index in [0.29, 0.717) is 19.1 Å². The molecular weight excluding hydrogens is 254 g/mol. The topological polar surface area (TPSA) is 47.0 Å². The Bertz CT molecular complexity index is 322. The Morgan fingerprint density at radius 2 is 1.95 bits per heavy atom. The molecule has 0 radical (unpaired) electrons. The average molecular weight is 283 g/mol. The van der Waals surface area contributed by atoms with Crippen LogP contribution < -0.4 is 0 Å². The number of nitrogens with zero attached hydrogens (tertiary/aromatic N) is 3. The number of hydrogen-bond donors (Lipinski definition) is 1. The van der Waals surface area contributed by atoms with Crippen LogP contribution in [0.1, 0.15) is 33.1 Å². The summed E-state index contributed by atoms with van der Waals surface area (Å²) in [5, 5.41) is 9.67. The molecule has 0 bridgehead atoms. The Morgan fingerprint density at radius 3 is 2.65 bits per heavy atom. The van der Waals surface area contributed by atoms with Gasteiger partial charge in [-0.1, -0.05) is 0 Å². The smallest absolute Gasteiger partial charge is 0.236 e. The highest BCUT2D eigenvalue weighted by Gasteiger charge is 2.24. The summed E-state index contributed by atoms with van der Waals surface area (Å²) in [5.74, 6) is 0.227. The zero-order chi connectivity index (χ0) is 14.5. The normalized spacial score (nSPS) is 26.8. The molecule has 2 saturated heterocycles. The quantitative estimate of drug-likeness (QED) is 0.814. The lowest BCUT2D eigenvalue weighted by molar-refractivity contribution is -0.133. The standard InChI is InChI=1S/C15H29N3O2/c1-13(2)17-7-4-8-18(10-9-17)15(20)12-16-6-3-5-14(19)11-16/h13-14,19H,3-12H2,1-2H3/t14-/m1/s1. The molecular formula is C15H29N3O2. The first-order chi connectivity index (χ1) is 9.56. The number of piperidine rings is 1. The zero-order valence-corrected chi connectivity index (χ0v) is 12.9. The van der Waals surface area contributed by atoms with Crippen molar-refractivity contribution < 1.29 is 9.90 Å². The largest absolute Gasteiger partial charge is 0.392 e. The number of amides is 1. The van der Waals surface area contributed by atoms with Crippen LogP contribution in [0, 0.1) is 0 Å². The van der Waals surface area contributed by atoms with E-state index in [-0.39, 0.29) is 12.0 Å². The van der Waals surface area contributed by atoms with Crippen LogP contribution in [0.15, 0.2) is 0 Å². The molecule has 2 rings (SSSR count). The Balaban J connectivity index is 1.80. The molecule has 0 aromatic rings. The number of hydrogen-bond acceptors (Lipinski definition) is 4. The molecule has 2 aliphatic rings. The Labute approximate surface area is 122 Å². The van der Waals surface area contributed by atoms with Crippen molar-refractivity contribution in [1.29, 1.82) is 0 Å². The molecule has 1 N–H and O–H groups in total. The van der Waals surface area contributed by atoms with Crippen LogP contribution in [0.25, 0.3) is 0 Å². The number of rotatable bonds is 3. The van der Waals surface area contributed by atoms with Gasteiger partial charge in [0.25, 0.3) is 0 Å². The number of aliphatic hydroxyl groups excluding tert-OH is 1. The minimum atomic E-state index is -0.253. The molecule has 5 nitrogen and oxygen atoms in total. The maximum atomic E-state index is 12.4. The molecule has 0 saturated carbocycles. The molecule has 0 aromatic carbocycles. The van der Waals surface area contributed by atoms with Gasteiger partial charge in [-0.25, -0.2) is 0 Å². The molecule has 5 heteroatoms. The van der Waals surface area contributed by atoms with Gasteiger partial charge in [-0.3, -0.25) is 14.6 Å². The number of aliphatic hydroxyl groups is 1. The molecule has 0 unspecified atom stereocenters. The van der Waals surface area contributed by atoms with E-state index in [4.69, 9.17) is 0 Å². The van der Waals surface area contributed by atoms with E-state index in [1.54, 1.807) is 0 Å². The SMILES string of the molecule is CC(C)N1CCCN(C(=O)CN2CCC[C@@H](O)C2)CC1. The first kappa shape index (κ1) is 15.7. The van der Waals surface area contributed by atoms with Crippen molar-refractivity contribution in [1.82, 2.24) is 14.7 Å². The third-order valence-electron chi connectivity index (χ3n) is 4.45. The van der Waals surface area contributed by atoms with Crippen molar-refractivity contribution in [2.24, 2.45) is 0 Å². The van der Waals surface area contributed by atoms with E-state index in [2.05, 4.69) is 23.6 Å². The second-order valence-corrected chi connectivity index (χ2v) is 6.40. The van der Waals surface area contributed by atoms with E-state index < -0.39 is 0 Å². The van der Waals surface area contributed by atoms with E-state index >= 15 is 0 Å². The summed E-state index contributed by atoms with van der Waals surface area (Å²) in [6.45, 7) is 10.3.